The first-order valence-electron chi connectivity index (χ1n) is 10.7. The predicted octanol–water partition coefficient (Wildman–Crippen LogP) is 5.11. The number of halogens is 2. The number of fused-ring (bicyclic) bond motifs is 1. The molecule has 1 aromatic carbocycles. The molecule has 7 nitrogen and oxygen atoms in total. The summed E-state index contributed by atoms with van der Waals surface area (Å²) in [7, 11) is 1.74. The number of carbonyl (C=O) groups is 1. The minimum Gasteiger partial charge on any atom is -0.337 e. The van der Waals surface area contributed by atoms with Gasteiger partial charge in [-0.3, -0.25) is 5.32 Å². The molecule has 170 valence electrons. The second kappa shape index (κ2) is 9.97. The van der Waals surface area contributed by atoms with Crippen LogP contribution in [0.25, 0.3) is 10.3 Å². The van der Waals surface area contributed by atoms with E-state index in [1.165, 1.54) is 23.8 Å². The van der Waals surface area contributed by atoms with Crippen molar-refractivity contribution in [2.45, 2.75) is 19.8 Å². The maximum absolute atomic E-state index is 14.3. The molecular weight excluding hydrogens is 451 g/mol. The zero-order valence-corrected chi connectivity index (χ0v) is 19.6. The van der Waals surface area contributed by atoms with Crippen LogP contribution in [-0.2, 0) is 0 Å². The van der Waals surface area contributed by atoms with Gasteiger partial charge in [0.1, 0.15) is 22.0 Å². The Balaban J connectivity index is 1.40. The summed E-state index contributed by atoms with van der Waals surface area (Å²) in [5.74, 6) is 0.610. The molecule has 1 aliphatic rings. The highest BCUT2D eigenvalue weighted by Crippen LogP contribution is 2.31. The Morgan fingerprint density at radius 1 is 1.34 bits per heavy atom. The van der Waals surface area contributed by atoms with Crippen LogP contribution >= 0.6 is 22.9 Å². The zero-order chi connectivity index (χ0) is 22.7. The lowest BCUT2D eigenvalue weighted by molar-refractivity contribution is 0.180. The molecule has 0 aliphatic carbocycles. The molecule has 2 aromatic heterocycles. The molecule has 3 heterocycles. The maximum Gasteiger partial charge on any atom is 0.321 e. The third-order valence-corrected chi connectivity index (χ3v) is 6.79. The molecule has 32 heavy (non-hydrogen) atoms. The van der Waals surface area contributed by atoms with Gasteiger partial charge in [0.2, 0.25) is 0 Å². The first kappa shape index (κ1) is 22.7. The number of benzene rings is 1. The summed E-state index contributed by atoms with van der Waals surface area (Å²) in [5, 5.41) is 6.58. The van der Waals surface area contributed by atoms with Gasteiger partial charge in [0.05, 0.1) is 5.69 Å². The molecule has 0 bridgehead atoms. The molecule has 1 saturated heterocycles. The van der Waals surface area contributed by atoms with Gasteiger partial charge in [-0.2, -0.15) is 0 Å². The lowest BCUT2D eigenvalue weighted by atomic mass is 9.98. The van der Waals surface area contributed by atoms with Gasteiger partial charge in [0, 0.05) is 25.2 Å². The summed E-state index contributed by atoms with van der Waals surface area (Å²) < 4.78 is 14.3. The average Bonchev–Trinajstić information content (AvgIpc) is 3.18. The van der Waals surface area contributed by atoms with Gasteiger partial charge in [-0.05, 0) is 62.2 Å². The molecule has 4 rings (SSSR count). The van der Waals surface area contributed by atoms with Crippen LogP contribution in [0.4, 0.5) is 25.8 Å². The fraction of sp³-hybridized carbons (Fsp3) is 0.409. The Morgan fingerprint density at radius 2 is 2.19 bits per heavy atom. The molecule has 1 unspecified atom stereocenters. The van der Waals surface area contributed by atoms with E-state index in [0.29, 0.717) is 44.5 Å². The number of pyridine rings is 1. The number of urea groups is 1. The number of carbonyl (C=O) groups excluding carboxylic acids is 1. The lowest BCUT2D eigenvalue weighted by Gasteiger charge is -2.31. The minimum atomic E-state index is -0.426. The highest BCUT2D eigenvalue weighted by Gasteiger charge is 2.19. The van der Waals surface area contributed by atoms with Crippen LogP contribution in [0.15, 0.2) is 30.3 Å². The number of nitrogens with zero attached hydrogens (tertiary/aromatic N) is 4. The number of nitrogens with one attached hydrogen (secondary N) is 2. The summed E-state index contributed by atoms with van der Waals surface area (Å²) in [6.45, 7) is 6.02. The zero-order valence-electron chi connectivity index (χ0n) is 18.1. The van der Waals surface area contributed by atoms with Crippen molar-refractivity contribution in [1.29, 1.82) is 0 Å². The molecule has 0 spiro atoms. The van der Waals surface area contributed by atoms with Gasteiger partial charge in [-0.15, -0.1) is 0 Å². The molecule has 0 radical (unpaired) electrons. The van der Waals surface area contributed by atoms with Crippen LogP contribution in [0, 0.1) is 11.7 Å². The number of likely N-dealkylation sites (tertiary alicyclic amines) is 1. The highest BCUT2D eigenvalue weighted by molar-refractivity contribution is 7.22. The Labute approximate surface area is 195 Å². The first-order valence-corrected chi connectivity index (χ1v) is 11.9. The van der Waals surface area contributed by atoms with Crippen LogP contribution in [0.5, 0.6) is 0 Å². The fourth-order valence-corrected chi connectivity index (χ4v) is 4.89. The number of hydrogen-bond donors (Lipinski definition) is 2. The van der Waals surface area contributed by atoms with E-state index in [-0.39, 0.29) is 6.03 Å². The van der Waals surface area contributed by atoms with Crippen LogP contribution in [-0.4, -0.2) is 54.1 Å². The normalized spacial score (nSPS) is 16.8. The summed E-state index contributed by atoms with van der Waals surface area (Å²) in [4.78, 5) is 26.1. The Morgan fingerprint density at radius 3 is 2.97 bits per heavy atom. The highest BCUT2D eigenvalue weighted by atomic mass is 35.5. The third kappa shape index (κ3) is 5.28. The van der Waals surface area contributed by atoms with Gasteiger partial charge in [-0.25, -0.2) is 19.2 Å². The largest absolute Gasteiger partial charge is 0.337 e. The molecule has 2 N–H and O–H groups in total. The minimum absolute atomic E-state index is 0.266. The Hall–Kier alpha value is -2.49. The summed E-state index contributed by atoms with van der Waals surface area (Å²) in [5.41, 5.74) is 1.04. The van der Waals surface area contributed by atoms with Gasteiger partial charge < -0.3 is 15.1 Å². The predicted molar refractivity (Wildman–Crippen MR) is 129 cm³/mol. The first-order chi connectivity index (χ1) is 15.4. The van der Waals surface area contributed by atoms with Crippen molar-refractivity contribution in [3.05, 3.63) is 41.2 Å². The maximum atomic E-state index is 14.3. The Kier molecular flexibility index (Phi) is 7.07. The van der Waals surface area contributed by atoms with Crippen LogP contribution in [0.2, 0.25) is 5.02 Å². The molecular formula is C22H26ClFN6OS. The van der Waals surface area contributed by atoms with E-state index in [4.69, 9.17) is 11.6 Å². The van der Waals surface area contributed by atoms with Gasteiger partial charge >= 0.3 is 6.03 Å². The standard InChI is InChI=1S/C22H26ClFN6OS/c1-3-30-10-4-5-14(13-30)12-25-21(31)28-22-26-17-7-9-19(27-20(17)32-22)29(2)18-8-6-15(23)11-16(18)24/h6-9,11,14H,3-5,10,12-13H2,1-2H3,(H2,25,26,28,31). The van der Waals surface area contributed by atoms with Crippen molar-refractivity contribution in [2.24, 2.45) is 5.92 Å². The van der Waals surface area contributed by atoms with Crippen molar-refractivity contribution >= 4 is 56.0 Å². The van der Waals surface area contributed by atoms with Crippen molar-refractivity contribution in [2.75, 3.05) is 43.4 Å². The fourth-order valence-electron chi connectivity index (χ4n) is 3.91. The topological polar surface area (TPSA) is 73.4 Å². The monoisotopic (exact) mass is 476 g/mol. The molecule has 10 heteroatoms. The summed E-state index contributed by atoms with van der Waals surface area (Å²) in [6, 6.07) is 7.82. The number of aromatic nitrogens is 2. The molecule has 0 saturated carbocycles. The number of thiazole rings is 1. The summed E-state index contributed by atoms with van der Waals surface area (Å²) >= 11 is 7.13. The van der Waals surface area contributed by atoms with Crippen molar-refractivity contribution < 1.29 is 9.18 Å². The smallest absolute Gasteiger partial charge is 0.321 e. The number of piperidine rings is 1. The van der Waals surface area contributed by atoms with E-state index in [9.17, 15) is 9.18 Å². The number of hydrogen-bond acceptors (Lipinski definition) is 6. The van der Waals surface area contributed by atoms with E-state index in [1.807, 2.05) is 6.07 Å². The number of amides is 2. The van der Waals surface area contributed by atoms with E-state index in [2.05, 4.69) is 32.4 Å². The molecule has 2 amide bonds. The van der Waals surface area contributed by atoms with E-state index in [0.717, 1.165) is 26.1 Å². The van der Waals surface area contributed by atoms with Crippen molar-refractivity contribution in [3.63, 3.8) is 0 Å². The second-order valence-electron chi connectivity index (χ2n) is 7.90. The van der Waals surface area contributed by atoms with Crippen LogP contribution in [0.1, 0.15) is 19.8 Å². The van der Waals surface area contributed by atoms with Crippen LogP contribution in [0.3, 0.4) is 0 Å². The van der Waals surface area contributed by atoms with Crippen LogP contribution < -0.4 is 15.5 Å². The lowest BCUT2D eigenvalue weighted by Crippen LogP contribution is -2.41. The number of rotatable bonds is 6. The van der Waals surface area contributed by atoms with E-state index in [1.54, 1.807) is 30.1 Å². The average molecular weight is 477 g/mol. The molecule has 1 fully saturated rings. The third-order valence-electron chi connectivity index (χ3n) is 5.68. The Bertz CT molecular complexity index is 1110. The van der Waals surface area contributed by atoms with E-state index >= 15 is 0 Å². The quantitative estimate of drug-likeness (QED) is 0.517. The van der Waals surface area contributed by atoms with Crippen molar-refractivity contribution in [3.8, 4) is 0 Å². The van der Waals surface area contributed by atoms with E-state index < -0.39 is 5.82 Å². The van der Waals surface area contributed by atoms with Gasteiger partial charge in [-0.1, -0.05) is 29.9 Å². The van der Waals surface area contributed by atoms with Gasteiger partial charge in [0.15, 0.2) is 5.13 Å². The second-order valence-corrected chi connectivity index (χ2v) is 9.32. The SMILES string of the molecule is CCN1CCCC(CNC(=O)Nc2nc3ccc(N(C)c4ccc(Cl)cc4F)nc3s2)C1. The number of anilines is 3. The molecule has 1 aliphatic heterocycles. The summed E-state index contributed by atoms with van der Waals surface area (Å²) in [6.07, 6.45) is 2.30. The molecule has 3 aromatic rings. The molecule has 1 atom stereocenters. The van der Waals surface area contributed by atoms with Gasteiger partial charge in [0.25, 0.3) is 0 Å². The van der Waals surface area contributed by atoms with Crippen molar-refractivity contribution in [1.82, 2.24) is 20.2 Å².